The Morgan fingerprint density at radius 1 is 1.67 bits per heavy atom. The van der Waals surface area contributed by atoms with Crippen molar-refractivity contribution >= 4 is 0 Å². The lowest BCUT2D eigenvalue weighted by molar-refractivity contribution is 0.187. The number of hydrogen-bond acceptors (Lipinski definition) is 1. The van der Waals surface area contributed by atoms with E-state index in [2.05, 4.69) is 12.3 Å². The minimum atomic E-state index is 0.819. The standard InChI is InChI=1S/C4H3NO/c6-5-3-1-2-4-5/h1,3,6H. The van der Waals surface area contributed by atoms with Crippen LogP contribution < -0.4 is 0 Å². The summed E-state index contributed by atoms with van der Waals surface area (Å²) in [4.78, 5) is 0. The van der Waals surface area contributed by atoms with E-state index in [1.165, 1.54) is 6.20 Å². The quantitative estimate of drug-likeness (QED) is 0.447. The van der Waals surface area contributed by atoms with Crippen LogP contribution in [0.1, 0.15) is 0 Å². The van der Waals surface area contributed by atoms with Crippen LogP contribution in [0.4, 0.5) is 0 Å². The van der Waals surface area contributed by atoms with E-state index in [1.54, 1.807) is 6.07 Å². The third-order valence-electron chi connectivity index (χ3n) is 0.478. The molecular weight excluding hydrogens is 78.0 g/mol. The molecule has 2 nitrogen and oxygen atoms in total. The summed E-state index contributed by atoms with van der Waals surface area (Å²) in [6, 6.07) is 4.09. The summed E-state index contributed by atoms with van der Waals surface area (Å²) in [7, 11) is 0. The van der Waals surface area contributed by atoms with Gasteiger partial charge in [-0.05, 0) is 6.07 Å². The van der Waals surface area contributed by atoms with E-state index in [1.807, 2.05) is 0 Å². The maximum absolute atomic E-state index is 8.30. The second-order valence-electron chi connectivity index (χ2n) is 0.916. The van der Waals surface area contributed by atoms with Crippen molar-refractivity contribution in [2.24, 2.45) is 0 Å². The van der Waals surface area contributed by atoms with Crippen LogP contribution in [0.2, 0.25) is 0 Å². The summed E-state index contributed by atoms with van der Waals surface area (Å²) in [5, 5.41) is 8.30. The SMILES string of the molecule is On1c#ccc1. The Hall–Kier alpha value is -1.10. The zero-order valence-electron chi connectivity index (χ0n) is 3.05. The molecule has 6 heavy (non-hydrogen) atoms. The minimum absolute atomic E-state index is 0.819. The van der Waals surface area contributed by atoms with Crippen LogP contribution in [0.25, 0.3) is 0 Å². The first kappa shape index (κ1) is 3.10. The van der Waals surface area contributed by atoms with Crippen LogP contribution in [0.15, 0.2) is 12.3 Å². The fraction of sp³-hybridized carbons (Fsp3) is 0. The molecule has 0 unspecified atom stereocenters. The monoisotopic (exact) mass is 81.0 g/mol. The van der Waals surface area contributed by atoms with Crippen LogP contribution >= 0.6 is 0 Å². The van der Waals surface area contributed by atoms with E-state index in [0.717, 1.165) is 4.73 Å². The molecule has 0 aliphatic heterocycles. The molecule has 0 fully saturated rings. The minimum Gasteiger partial charge on any atom is -0.421 e. The highest BCUT2D eigenvalue weighted by molar-refractivity contribution is 4.73. The first-order valence-electron chi connectivity index (χ1n) is 1.55. The molecule has 0 aliphatic rings. The van der Waals surface area contributed by atoms with E-state index >= 15 is 0 Å². The Bertz CT molecular complexity index is 111. The average molecular weight is 81.1 g/mol. The number of rotatable bonds is 0. The second kappa shape index (κ2) is 0.942. The van der Waals surface area contributed by atoms with Crippen LogP contribution in [-0.2, 0) is 0 Å². The van der Waals surface area contributed by atoms with E-state index in [9.17, 15) is 0 Å². The second-order valence-corrected chi connectivity index (χ2v) is 0.916. The largest absolute Gasteiger partial charge is 0.421 e. The summed E-state index contributed by atoms with van der Waals surface area (Å²) in [5.74, 6) is 0. The van der Waals surface area contributed by atoms with Gasteiger partial charge in [0.15, 0.2) is 0 Å². The van der Waals surface area contributed by atoms with E-state index in [0.29, 0.717) is 0 Å². The fourth-order valence-electron chi connectivity index (χ4n) is 0.249. The molecule has 0 aromatic carbocycles. The Balaban J connectivity index is 3.05. The first-order chi connectivity index (χ1) is 2.89. The Morgan fingerprint density at radius 2 is 2.50 bits per heavy atom. The number of aromatic nitrogens is 1. The lowest BCUT2D eigenvalue weighted by Gasteiger charge is -1.74. The van der Waals surface area contributed by atoms with Crippen molar-refractivity contribution in [2.45, 2.75) is 0 Å². The van der Waals surface area contributed by atoms with E-state index in [-0.39, 0.29) is 0 Å². The molecule has 0 saturated heterocycles. The fourth-order valence-corrected chi connectivity index (χ4v) is 0.249. The summed E-state index contributed by atoms with van der Waals surface area (Å²) in [6.45, 7) is 0. The van der Waals surface area contributed by atoms with E-state index < -0.39 is 0 Å². The molecular formula is C4H3NO. The Morgan fingerprint density at radius 3 is 2.67 bits per heavy atom. The normalized spacial score (nSPS) is 7.33. The lowest BCUT2D eigenvalue weighted by atomic mass is 10.8. The molecule has 0 spiro atoms. The molecule has 0 aliphatic carbocycles. The number of nitrogens with zero attached hydrogens (tertiary/aromatic N) is 1. The van der Waals surface area contributed by atoms with Gasteiger partial charge < -0.3 is 5.21 Å². The van der Waals surface area contributed by atoms with Crippen LogP contribution in [0.3, 0.4) is 0 Å². The predicted molar refractivity (Wildman–Crippen MR) is 19.3 cm³/mol. The van der Waals surface area contributed by atoms with Crippen molar-refractivity contribution in [3.8, 4) is 0 Å². The Kier molecular flexibility index (Phi) is 0.487. The van der Waals surface area contributed by atoms with Gasteiger partial charge in [0, 0.05) is 6.07 Å². The first-order valence-corrected chi connectivity index (χ1v) is 1.55. The van der Waals surface area contributed by atoms with Gasteiger partial charge in [-0.15, -0.1) is 4.73 Å². The van der Waals surface area contributed by atoms with Gasteiger partial charge in [0.05, 0.1) is 12.4 Å². The maximum atomic E-state index is 8.30. The highest BCUT2D eigenvalue weighted by atomic mass is 16.5. The molecule has 0 bridgehead atoms. The lowest BCUT2D eigenvalue weighted by Crippen LogP contribution is -1.78. The van der Waals surface area contributed by atoms with Crippen LogP contribution in [0, 0.1) is 12.3 Å². The third-order valence-corrected chi connectivity index (χ3v) is 0.478. The van der Waals surface area contributed by atoms with Crippen molar-refractivity contribution in [2.75, 3.05) is 0 Å². The maximum Gasteiger partial charge on any atom is 0.0617 e. The van der Waals surface area contributed by atoms with Crippen molar-refractivity contribution in [1.82, 2.24) is 4.73 Å². The predicted octanol–water partition coefficient (Wildman–Crippen LogP) is 0.326. The molecule has 2 heteroatoms. The van der Waals surface area contributed by atoms with Gasteiger partial charge in [0.2, 0.25) is 0 Å². The van der Waals surface area contributed by atoms with Gasteiger partial charge in [0.1, 0.15) is 0 Å². The zero-order chi connectivity index (χ0) is 4.41. The van der Waals surface area contributed by atoms with Crippen molar-refractivity contribution in [3.63, 3.8) is 0 Å². The average Bonchev–Trinajstić information content (AvgIpc) is 1.86. The van der Waals surface area contributed by atoms with Gasteiger partial charge in [-0.1, -0.05) is 0 Å². The topological polar surface area (TPSA) is 25.2 Å². The van der Waals surface area contributed by atoms with Crippen molar-refractivity contribution in [3.05, 3.63) is 24.5 Å². The molecule has 1 aromatic rings. The van der Waals surface area contributed by atoms with E-state index in [4.69, 9.17) is 5.21 Å². The van der Waals surface area contributed by atoms with Crippen LogP contribution in [-0.4, -0.2) is 9.94 Å². The van der Waals surface area contributed by atoms with Crippen molar-refractivity contribution in [1.29, 1.82) is 0 Å². The summed E-state index contributed by atoms with van der Waals surface area (Å²) in [5.41, 5.74) is 0. The van der Waals surface area contributed by atoms with Gasteiger partial charge in [0.25, 0.3) is 0 Å². The van der Waals surface area contributed by atoms with Gasteiger partial charge >= 0.3 is 0 Å². The van der Waals surface area contributed by atoms with Gasteiger partial charge in [-0.2, -0.15) is 0 Å². The number of hydrogen-bond donors (Lipinski definition) is 1. The van der Waals surface area contributed by atoms with Crippen LogP contribution in [0.5, 0.6) is 0 Å². The highest BCUT2D eigenvalue weighted by Crippen LogP contribution is 1.69. The Labute approximate surface area is 35.6 Å². The smallest absolute Gasteiger partial charge is 0.0617 e. The molecule has 1 heterocycles. The molecule has 1 N–H and O–H groups in total. The van der Waals surface area contributed by atoms with Crippen molar-refractivity contribution < 1.29 is 5.21 Å². The van der Waals surface area contributed by atoms with Gasteiger partial charge in [-0.25, -0.2) is 0 Å². The summed E-state index contributed by atoms with van der Waals surface area (Å²) >= 11 is 0. The third kappa shape index (κ3) is 0.301. The molecule has 0 amide bonds. The summed E-state index contributed by atoms with van der Waals surface area (Å²) < 4.78 is 0.819. The van der Waals surface area contributed by atoms with Gasteiger partial charge in [-0.3, -0.25) is 0 Å². The zero-order valence-corrected chi connectivity index (χ0v) is 3.05. The molecule has 1 aromatic heterocycles. The summed E-state index contributed by atoms with van der Waals surface area (Å²) in [6.07, 6.45) is 3.79. The molecule has 1 rings (SSSR count). The molecule has 0 atom stereocenters. The molecule has 0 saturated carbocycles. The molecule has 0 radical (unpaired) electrons. The molecule has 30 valence electrons. The highest BCUT2D eigenvalue weighted by Gasteiger charge is 1.66.